The molecular weight excluding hydrogens is 414 g/mol. The van der Waals surface area contributed by atoms with Crippen molar-refractivity contribution in [1.29, 1.82) is 0 Å². The minimum Gasteiger partial charge on any atom is -0.344 e. The number of imidazole rings is 1. The Labute approximate surface area is 181 Å². The Morgan fingerprint density at radius 3 is 2.34 bits per heavy atom. The van der Waals surface area contributed by atoms with Crippen molar-refractivity contribution in [2.45, 2.75) is 13.0 Å². The maximum absolute atomic E-state index is 12.1. The molecule has 32 heavy (non-hydrogen) atoms. The first kappa shape index (κ1) is 20.7. The fraction of sp³-hybridized carbons (Fsp3) is 0.0909. The van der Waals surface area contributed by atoms with Crippen molar-refractivity contribution in [3.63, 3.8) is 0 Å². The zero-order chi connectivity index (χ0) is 22.8. The molecule has 2 aromatic heterocycles. The molecule has 0 saturated heterocycles. The quantitative estimate of drug-likeness (QED) is 0.362. The summed E-state index contributed by atoms with van der Waals surface area (Å²) >= 11 is 0. The van der Waals surface area contributed by atoms with Crippen LogP contribution >= 0.6 is 0 Å². The molecule has 4 aromatic rings. The number of carbonyl (C=O) groups is 1. The number of nitro benzene ring substituents is 2. The highest BCUT2D eigenvalue weighted by molar-refractivity contribution is 5.76. The molecule has 0 bridgehead atoms. The summed E-state index contributed by atoms with van der Waals surface area (Å²) in [6.45, 7) is 1.37. The van der Waals surface area contributed by atoms with Gasteiger partial charge in [-0.3, -0.25) is 25.0 Å². The van der Waals surface area contributed by atoms with Crippen LogP contribution in [0, 0.1) is 20.2 Å². The van der Waals surface area contributed by atoms with E-state index in [4.69, 9.17) is 0 Å². The van der Waals surface area contributed by atoms with Crippen molar-refractivity contribution in [1.82, 2.24) is 14.7 Å². The fourth-order valence-electron chi connectivity index (χ4n) is 3.57. The van der Waals surface area contributed by atoms with Gasteiger partial charge in [0.2, 0.25) is 5.91 Å². The zero-order valence-corrected chi connectivity index (χ0v) is 16.8. The first-order valence-electron chi connectivity index (χ1n) is 9.58. The molecule has 1 unspecified atom stereocenters. The van der Waals surface area contributed by atoms with Crippen LogP contribution in [0.2, 0.25) is 0 Å². The highest BCUT2D eigenvalue weighted by atomic mass is 16.6. The van der Waals surface area contributed by atoms with Crippen LogP contribution in [0.15, 0.2) is 72.9 Å². The molecule has 1 amide bonds. The second kappa shape index (κ2) is 8.26. The summed E-state index contributed by atoms with van der Waals surface area (Å²) in [6.07, 6.45) is 1.78. The van der Waals surface area contributed by atoms with E-state index in [-0.39, 0.29) is 17.3 Å². The average molecular weight is 431 g/mol. The van der Waals surface area contributed by atoms with E-state index in [0.29, 0.717) is 28.2 Å². The van der Waals surface area contributed by atoms with Crippen molar-refractivity contribution >= 4 is 22.9 Å². The standard InChI is InChI=1S/C22H17N5O5/c1-14(28)23-20(15-8-10-17(11-9-15)26(29)30)22-21(24-19-7-2-3-12-25(19)22)16-5-4-6-18(13-16)27(31)32/h2-13,20H,1H3,(H,23,28). The molecule has 0 aliphatic carbocycles. The molecule has 2 heterocycles. The minimum absolute atomic E-state index is 0.0765. The van der Waals surface area contributed by atoms with Crippen LogP contribution in [0.25, 0.3) is 16.9 Å². The summed E-state index contributed by atoms with van der Waals surface area (Å²) in [4.78, 5) is 38.1. The van der Waals surface area contributed by atoms with Crippen LogP contribution in [0.4, 0.5) is 11.4 Å². The fourth-order valence-corrected chi connectivity index (χ4v) is 3.57. The third-order valence-electron chi connectivity index (χ3n) is 4.96. The summed E-state index contributed by atoms with van der Waals surface area (Å²) in [5.74, 6) is -0.316. The Morgan fingerprint density at radius 1 is 0.969 bits per heavy atom. The Morgan fingerprint density at radius 2 is 1.69 bits per heavy atom. The lowest BCUT2D eigenvalue weighted by Gasteiger charge is -2.20. The van der Waals surface area contributed by atoms with Gasteiger partial charge in [0.25, 0.3) is 11.4 Å². The molecule has 0 fully saturated rings. The van der Waals surface area contributed by atoms with E-state index >= 15 is 0 Å². The third-order valence-corrected chi connectivity index (χ3v) is 4.96. The second-order valence-corrected chi connectivity index (χ2v) is 7.06. The SMILES string of the molecule is CC(=O)NC(c1ccc([N+](=O)[O-])cc1)c1c(-c2cccc([N+](=O)[O-])c2)nc2ccccn12. The van der Waals surface area contributed by atoms with Crippen molar-refractivity contribution in [2.24, 2.45) is 0 Å². The zero-order valence-electron chi connectivity index (χ0n) is 16.8. The molecule has 1 atom stereocenters. The molecule has 0 spiro atoms. The molecule has 2 aromatic carbocycles. The summed E-state index contributed by atoms with van der Waals surface area (Å²) in [7, 11) is 0. The molecule has 0 aliphatic heterocycles. The van der Waals surface area contributed by atoms with Crippen LogP contribution in [0.5, 0.6) is 0 Å². The number of non-ortho nitro benzene ring substituents is 2. The van der Waals surface area contributed by atoms with Crippen molar-refractivity contribution in [3.8, 4) is 11.3 Å². The molecule has 10 nitrogen and oxygen atoms in total. The van der Waals surface area contributed by atoms with Gasteiger partial charge >= 0.3 is 0 Å². The van der Waals surface area contributed by atoms with E-state index in [1.54, 1.807) is 47.0 Å². The second-order valence-electron chi connectivity index (χ2n) is 7.06. The molecule has 10 heteroatoms. The lowest BCUT2D eigenvalue weighted by molar-refractivity contribution is -0.385. The molecule has 0 saturated carbocycles. The molecule has 0 radical (unpaired) electrons. The van der Waals surface area contributed by atoms with Gasteiger partial charge in [0.1, 0.15) is 5.65 Å². The van der Waals surface area contributed by atoms with Crippen LogP contribution in [-0.4, -0.2) is 25.1 Å². The Balaban J connectivity index is 1.96. The lowest BCUT2D eigenvalue weighted by atomic mass is 9.98. The number of rotatable bonds is 6. The number of amides is 1. The Kier molecular flexibility index (Phi) is 5.34. The van der Waals surface area contributed by atoms with Gasteiger partial charge in [-0.05, 0) is 29.8 Å². The Bertz CT molecular complexity index is 1350. The van der Waals surface area contributed by atoms with Gasteiger partial charge in [-0.15, -0.1) is 0 Å². The van der Waals surface area contributed by atoms with Crippen LogP contribution in [-0.2, 0) is 4.79 Å². The lowest BCUT2D eigenvalue weighted by Crippen LogP contribution is -2.28. The average Bonchev–Trinajstić information content (AvgIpc) is 3.17. The first-order chi connectivity index (χ1) is 15.3. The van der Waals surface area contributed by atoms with E-state index in [1.165, 1.54) is 31.2 Å². The number of nitro groups is 2. The topological polar surface area (TPSA) is 133 Å². The molecule has 4 rings (SSSR count). The van der Waals surface area contributed by atoms with E-state index in [2.05, 4.69) is 10.3 Å². The maximum atomic E-state index is 12.1. The van der Waals surface area contributed by atoms with Gasteiger partial charge < -0.3 is 9.72 Å². The molecule has 0 aliphatic rings. The number of pyridine rings is 1. The highest BCUT2D eigenvalue weighted by Crippen LogP contribution is 2.34. The maximum Gasteiger partial charge on any atom is 0.270 e. The van der Waals surface area contributed by atoms with E-state index in [0.717, 1.165) is 0 Å². The summed E-state index contributed by atoms with van der Waals surface area (Å²) < 4.78 is 1.79. The van der Waals surface area contributed by atoms with Gasteiger partial charge in [0, 0.05) is 42.9 Å². The van der Waals surface area contributed by atoms with E-state index < -0.39 is 15.9 Å². The predicted octanol–water partition coefficient (Wildman–Crippen LogP) is 4.04. The van der Waals surface area contributed by atoms with Crippen molar-refractivity contribution in [3.05, 3.63) is 104 Å². The number of hydrogen-bond donors (Lipinski definition) is 1. The smallest absolute Gasteiger partial charge is 0.270 e. The third kappa shape index (κ3) is 3.88. The van der Waals surface area contributed by atoms with Crippen LogP contribution in [0.1, 0.15) is 24.2 Å². The number of hydrogen-bond acceptors (Lipinski definition) is 6. The minimum atomic E-state index is -0.708. The van der Waals surface area contributed by atoms with Gasteiger partial charge in [-0.2, -0.15) is 0 Å². The molecule has 160 valence electrons. The highest BCUT2D eigenvalue weighted by Gasteiger charge is 2.26. The van der Waals surface area contributed by atoms with Crippen LogP contribution in [0.3, 0.4) is 0 Å². The van der Waals surface area contributed by atoms with Gasteiger partial charge in [0.05, 0.1) is 27.3 Å². The van der Waals surface area contributed by atoms with Crippen molar-refractivity contribution in [2.75, 3.05) is 0 Å². The van der Waals surface area contributed by atoms with Gasteiger partial charge in [0.15, 0.2) is 0 Å². The predicted molar refractivity (Wildman–Crippen MR) is 116 cm³/mol. The van der Waals surface area contributed by atoms with E-state index in [1.807, 2.05) is 6.07 Å². The summed E-state index contributed by atoms with van der Waals surface area (Å²) in [6, 6.07) is 16.6. The van der Waals surface area contributed by atoms with Crippen LogP contribution < -0.4 is 5.32 Å². The number of aromatic nitrogens is 2. The number of fused-ring (bicyclic) bond motifs is 1. The first-order valence-corrected chi connectivity index (χ1v) is 9.58. The van der Waals surface area contributed by atoms with E-state index in [9.17, 15) is 25.0 Å². The Hall–Kier alpha value is -4.60. The van der Waals surface area contributed by atoms with Gasteiger partial charge in [-0.25, -0.2) is 4.98 Å². The number of nitrogens with zero attached hydrogens (tertiary/aromatic N) is 4. The van der Waals surface area contributed by atoms with Gasteiger partial charge in [-0.1, -0.05) is 18.2 Å². The normalized spacial score (nSPS) is 11.8. The number of carbonyl (C=O) groups excluding carboxylic acids is 1. The summed E-state index contributed by atoms with van der Waals surface area (Å²) in [5.41, 5.74) is 2.56. The summed E-state index contributed by atoms with van der Waals surface area (Å²) in [5, 5.41) is 25.2. The molecular formula is C22H17N5O5. The number of nitrogens with one attached hydrogen (secondary N) is 1. The monoisotopic (exact) mass is 431 g/mol. The molecule has 1 N–H and O–H groups in total. The largest absolute Gasteiger partial charge is 0.344 e. The van der Waals surface area contributed by atoms with Crippen molar-refractivity contribution < 1.29 is 14.6 Å². The number of benzene rings is 2.